The molecule has 31 heavy (non-hydrogen) atoms. The van der Waals surface area contributed by atoms with Gasteiger partial charge in [-0.3, -0.25) is 4.90 Å². The first-order valence-corrected chi connectivity index (χ1v) is 11.4. The maximum absolute atomic E-state index is 5.69. The second kappa shape index (κ2) is 8.21. The molecule has 5 rings (SSSR count). The van der Waals surface area contributed by atoms with Crippen LogP contribution in [0.3, 0.4) is 0 Å². The van der Waals surface area contributed by atoms with Gasteiger partial charge in [0.15, 0.2) is 11.5 Å². The van der Waals surface area contributed by atoms with E-state index in [0.717, 1.165) is 36.8 Å². The molecular weight excluding hydrogens is 388 g/mol. The van der Waals surface area contributed by atoms with Crippen LogP contribution in [-0.4, -0.2) is 45.4 Å². The van der Waals surface area contributed by atoms with Crippen molar-refractivity contribution in [3.63, 3.8) is 0 Å². The summed E-state index contributed by atoms with van der Waals surface area (Å²) in [6, 6.07) is 11.7. The van der Waals surface area contributed by atoms with Crippen LogP contribution in [0.2, 0.25) is 0 Å². The van der Waals surface area contributed by atoms with Crippen molar-refractivity contribution in [3.8, 4) is 17.2 Å². The monoisotopic (exact) mass is 420 g/mol. The fourth-order valence-corrected chi connectivity index (χ4v) is 5.65. The molecule has 1 N–H and O–H groups in total. The van der Waals surface area contributed by atoms with Crippen LogP contribution in [-0.2, 0) is 6.54 Å². The summed E-state index contributed by atoms with van der Waals surface area (Å²) < 4.78 is 16.9. The molecule has 1 saturated heterocycles. The number of benzene rings is 3. The summed E-state index contributed by atoms with van der Waals surface area (Å²) in [5, 5.41) is 8.88. The van der Waals surface area contributed by atoms with Gasteiger partial charge in [-0.15, -0.1) is 0 Å². The van der Waals surface area contributed by atoms with Crippen LogP contribution in [0.5, 0.6) is 17.2 Å². The van der Waals surface area contributed by atoms with Gasteiger partial charge in [0.2, 0.25) is 0 Å². The lowest BCUT2D eigenvalue weighted by Gasteiger charge is -2.40. The van der Waals surface area contributed by atoms with Crippen molar-refractivity contribution in [1.82, 2.24) is 10.2 Å². The summed E-state index contributed by atoms with van der Waals surface area (Å²) in [5.41, 5.74) is 2.87. The summed E-state index contributed by atoms with van der Waals surface area (Å²) in [5.74, 6) is 2.41. The quantitative estimate of drug-likeness (QED) is 0.566. The first-order chi connectivity index (χ1) is 15.2. The summed E-state index contributed by atoms with van der Waals surface area (Å²) in [6.07, 6.45) is 3.65. The number of nitrogens with one attached hydrogen (secondary N) is 1. The highest BCUT2D eigenvalue weighted by molar-refractivity contribution is 6.12. The predicted molar refractivity (Wildman–Crippen MR) is 126 cm³/mol. The van der Waals surface area contributed by atoms with E-state index in [-0.39, 0.29) is 0 Å². The maximum Gasteiger partial charge on any atom is 0.161 e. The Kier molecular flexibility index (Phi) is 5.40. The third-order valence-corrected chi connectivity index (χ3v) is 7.07. The highest BCUT2D eigenvalue weighted by Crippen LogP contribution is 2.47. The van der Waals surface area contributed by atoms with Gasteiger partial charge in [0.25, 0.3) is 0 Å². The smallest absolute Gasteiger partial charge is 0.161 e. The Morgan fingerprint density at radius 1 is 0.935 bits per heavy atom. The van der Waals surface area contributed by atoms with E-state index >= 15 is 0 Å². The standard InChI is InChI=1S/C26H32N2O3/c1-5-10-27-26-22-7-6-11-28(22)15-21-20-14-24(31-4)23(30-3)13-19(20)18-12-16(29-2)8-9-17(18)25(21)26/h8-9,12-14,22,26-27H,5-7,10-11,15H2,1-4H3/t22-,26-/m0/s1. The summed E-state index contributed by atoms with van der Waals surface area (Å²) in [4.78, 5) is 2.67. The van der Waals surface area contributed by atoms with Crippen LogP contribution in [0.1, 0.15) is 43.4 Å². The van der Waals surface area contributed by atoms with E-state index in [9.17, 15) is 0 Å². The van der Waals surface area contributed by atoms with E-state index in [1.54, 1.807) is 21.3 Å². The molecule has 3 aromatic rings. The van der Waals surface area contributed by atoms with Crippen LogP contribution < -0.4 is 19.5 Å². The fraction of sp³-hybridized carbons (Fsp3) is 0.462. The summed E-state index contributed by atoms with van der Waals surface area (Å²) in [7, 11) is 5.14. The molecule has 0 bridgehead atoms. The minimum Gasteiger partial charge on any atom is -0.497 e. The highest BCUT2D eigenvalue weighted by atomic mass is 16.5. The summed E-state index contributed by atoms with van der Waals surface area (Å²) >= 11 is 0. The van der Waals surface area contributed by atoms with Crippen LogP contribution in [0.4, 0.5) is 0 Å². The number of hydrogen-bond acceptors (Lipinski definition) is 5. The molecule has 0 aromatic heterocycles. The van der Waals surface area contributed by atoms with E-state index in [4.69, 9.17) is 14.2 Å². The Morgan fingerprint density at radius 3 is 2.39 bits per heavy atom. The van der Waals surface area contributed by atoms with Gasteiger partial charge in [0.1, 0.15) is 5.75 Å². The molecule has 2 aliphatic rings. The van der Waals surface area contributed by atoms with Gasteiger partial charge < -0.3 is 19.5 Å². The Bertz CT molecular complexity index is 1130. The van der Waals surface area contributed by atoms with Crippen LogP contribution in [0, 0.1) is 0 Å². The lowest BCUT2D eigenvalue weighted by molar-refractivity contribution is 0.180. The molecule has 5 heteroatoms. The van der Waals surface area contributed by atoms with E-state index in [1.807, 2.05) is 0 Å². The van der Waals surface area contributed by atoms with Crippen molar-refractivity contribution in [2.45, 2.75) is 44.8 Å². The number of rotatable bonds is 6. The fourth-order valence-electron chi connectivity index (χ4n) is 5.65. The van der Waals surface area contributed by atoms with Crippen LogP contribution >= 0.6 is 0 Å². The van der Waals surface area contributed by atoms with Gasteiger partial charge in [0, 0.05) is 18.6 Å². The lowest BCUT2D eigenvalue weighted by atomic mass is 9.82. The normalized spacial score (nSPS) is 20.6. The molecule has 0 saturated carbocycles. The minimum absolute atomic E-state index is 0.333. The third-order valence-electron chi connectivity index (χ3n) is 7.07. The molecule has 0 spiro atoms. The molecule has 0 radical (unpaired) electrons. The molecule has 1 fully saturated rings. The molecule has 0 unspecified atom stereocenters. The Labute approximate surface area is 184 Å². The zero-order chi connectivity index (χ0) is 21.5. The van der Waals surface area contributed by atoms with E-state index in [1.165, 1.54) is 52.1 Å². The van der Waals surface area contributed by atoms with Gasteiger partial charge in [-0.25, -0.2) is 0 Å². The van der Waals surface area contributed by atoms with Crippen molar-refractivity contribution < 1.29 is 14.2 Å². The number of methoxy groups -OCH3 is 3. The number of nitrogens with zero attached hydrogens (tertiary/aromatic N) is 1. The Hall–Kier alpha value is -2.50. The SMILES string of the molecule is CCCN[C@@H]1c2c(c3cc(OC)c(OC)cc3c3cc(OC)ccc23)CN2CCC[C@@H]12. The first-order valence-electron chi connectivity index (χ1n) is 11.4. The zero-order valence-corrected chi connectivity index (χ0v) is 19.0. The van der Waals surface area contributed by atoms with Gasteiger partial charge >= 0.3 is 0 Å². The van der Waals surface area contributed by atoms with Gasteiger partial charge in [-0.05, 0) is 89.3 Å². The average Bonchev–Trinajstić information content (AvgIpc) is 3.29. The van der Waals surface area contributed by atoms with Gasteiger partial charge in [-0.1, -0.05) is 13.0 Å². The van der Waals surface area contributed by atoms with Gasteiger partial charge in [-0.2, -0.15) is 0 Å². The first kappa shape index (κ1) is 20.4. The minimum atomic E-state index is 0.333. The molecule has 2 atom stereocenters. The zero-order valence-electron chi connectivity index (χ0n) is 19.0. The molecule has 0 aliphatic carbocycles. The van der Waals surface area contributed by atoms with E-state index < -0.39 is 0 Å². The van der Waals surface area contributed by atoms with Crippen molar-refractivity contribution in [2.24, 2.45) is 0 Å². The molecule has 5 nitrogen and oxygen atoms in total. The van der Waals surface area contributed by atoms with Gasteiger partial charge in [0.05, 0.1) is 21.3 Å². The Balaban J connectivity index is 1.87. The lowest BCUT2D eigenvalue weighted by Crippen LogP contribution is -2.45. The van der Waals surface area contributed by atoms with E-state index in [2.05, 4.69) is 47.5 Å². The van der Waals surface area contributed by atoms with Crippen molar-refractivity contribution in [1.29, 1.82) is 0 Å². The van der Waals surface area contributed by atoms with Crippen LogP contribution in [0.25, 0.3) is 21.5 Å². The predicted octanol–water partition coefficient (Wildman–Crippen LogP) is 5.04. The molecule has 164 valence electrons. The second-order valence-electron chi connectivity index (χ2n) is 8.67. The number of hydrogen-bond donors (Lipinski definition) is 1. The van der Waals surface area contributed by atoms with E-state index in [0.29, 0.717) is 12.1 Å². The van der Waals surface area contributed by atoms with Crippen molar-refractivity contribution in [2.75, 3.05) is 34.4 Å². The number of fused-ring (bicyclic) bond motifs is 7. The molecule has 0 amide bonds. The second-order valence-corrected chi connectivity index (χ2v) is 8.67. The summed E-state index contributed by atoms with van der Waals surface area (Å²) in [6.45, 7) is 5.42. The third kappa shape index (κ3) is 3.22. The number of ether oxygens (including phenoxy) is 3. The molecule has 2 heterocycles. The average molecular weight is 421 g/mol. The Morgan fingerprint density at radius 2 is 1.68 bits per heavy atom. The molecule has 3 aromatic carbocycles. The van der Waals surface area contributed by atoms with Crippen LogP contribution in [0.15, 0.2) is 30.3 Å². The highest BCUT2D eigenvalue weighted by Gasteiger charge is 2.39. The largest absolute Gasteiger partial charge is 0.497 e. The molecule has 2 aliphatic heterocycles. The van der Waals surface area contributed by atoms with Crippen molar-refractivity contribution in [3.05, 3.63) is 41.5 Å². The van der Waals surface area contributed by atoms with Crippen molar-refractivity contribution >= 4 is 21.5 Å². The molecular formula is C26H32N2O3. The maximum atomic E-state index is 5.69. The topological polar surface area (TPSA) is 43.0 Å².